The van der Waals surface area contributed by atoms with Crippen molar-refractivity contribution in [1.29, 1.82) is 0 Å². The molecule has 0 bridgehead atoms. The van der Waals surface area contributed by atoms with Gasteiger partial charge in [0.2, 0.25) is 0 Å². The Morgan fingerprint density at radius 3 is 2.84 bits per heavy atom. The summed E-state index contributed by atoms with van der Waals surface area (Å²) in [6, 6.07) is 8.36. The van der Waals surface area contributed by atoms with Crippen molar-refractivity contribution in [3.05, 3.63) is 35.5 Å². The van der Waals surface area contributed by atoms with Gasteiger partial charge in [-0.25, -0.2) is 4.79 Å². The van der Waals surface area contributed by atoms with E-state index in [-0.39, 0.29) is 12.2 Å². The molecule has 2 aromatic rings. The van der Waals surface area contributed by atoms with Gasteiger partial charge in [-0.2, -0.15) is 0 Å². The lowest BCUT2D eigenvalue weighted by Crippen LogP contribution is -2.35. The van der Waals surface area contributed by atoms with Crippen molar-refractivity contribution >= 4 is 17.0 Å². The molecule has 1 aliphatic heterocycles. The molecule has 0 saturated heterocycles. The number of para-hydroxylation sites is 1. The number of ether oxygens (including phenoxy) is 2. The van der Waals surface area contributed by atoms with Gasteiger partial charge in [0.15, 0.2) is 0 Å². The number of benzene rings is 1. The standard InChI is InChI=1S/C20H28N2O3/c1-3-24-18-11-7-8-13-22(20(23)25-4-2)14-12-16-15-9-5-6-10-17(15)21-19(16)18/h5-6,9-10,18,21H,3-4,7-8,11-14H2,1-2H3. The molecule has 5 heteroatoms. The Labute approximate surface area is 149 Å². The van der Waals surface area contributed by atoms with Crippen LogP contribution in [0, 0.1) is 0 Å². The van der Waals surface area contributed by atoms with Crippen LogP contribution in [0.3, 0.4) is 0 Å². The molecule has 1 N–H and O–H groups in total. The number of carbonyl (C=O) groups excluding carboxylic acids is 1. The van der Waals surface area contributed by atoms with Crippen LogP contribution in [0.15, 0.2) is 24.3 Å². The number of nitrogens with one attached hydrogen (secondary N) is 1. The Morgan fingerprint density at radius 1 is 1.20 bits per heavy atom. The molecule has 0 saturated carbocycles. The van der Waals surface area contributed by atoms with Crippen LogP contribution in [-0.2, 0) is 15.9 Å². The van der Waals surface area contributed by atoms with Gasteiger partial charge in [0, 0.05) is 36.3 Å². The molecular weight excluding hydrogens is 316 g/mol. The third kappa shape index (κ3) is 3.98. The van der Waals surface area contributed by atoms with E-state index < -0.39 is 0 Å². The summed E-state index contributed by atoms with van der Waals surface area (Å²) < 4.78 is 11.3. The number of carbonyl (C=O) groups is 1. The van der Waals surface area contributed by atoms with Crippen LogP contribution >= 0.6 is 0 Å². The second kappa shape index (κ2) is 8.39. The van der Waals surface area contributed by atoms with Crippen molar-refractivity contribution in [1.82, 2.24) is 9.88 Å². The minimum atomic E-state index is -0.203. The van der Waals surface area contributed by atoms with E-state index >= 15 is 0 Å². The zero-order valence-electron chi connectivity index (χ0n) is 15.2. The molecule has 3 rings (SSSR count). The highest BCUT2D eigenvalue weighted by molar-refractivity contribution is 5.85. The summed E-state index contributed by atoms with van der Waals surface area (Å²) >= 11 is 0. The molecule has 1 atom stereocenters. The first kappa shape index (κ1) is 17.8. The molecule has 0 fully saturated rings. The quantitative estimate of drug-likeness (QED) is 0.896. The maximum atomic E-state index is 12.2. The van der Waals surface area contributed by atoms with E-state index in [4.69, 9.17) is 9.47 Å². The third-order valence-electron chi connectivity index (χ3n) is 4.84. The predicted molar refractivity (Wildman–Crippen MR) is 98.8 cm³/mol. The SMILES string of the molecule is CCOC(=O)N1CCCCC(OCC)c2[nH]c3ccccc3c2CC1. The fourth-order valence-corrected chi connectivity index (χ4v) is 3.67. The number of hydrogen-bond acceptors (Lipinski definition) is 3. The largest absolute Gasteiger partial charge is 0.450 e. The number of aromatic nitrogens is 1. The number of fused-ring (bicyclic) bond motifs is 3. The first-order valence-electron chi connectivity index (χ1n) is 9.37. The Kier molecular flexibility index (Phi) is 5.97. The van der Waals surface area contributed by atoms with Crippen molar-refractivity contribution in [2.24, 2.45) is 0 Å². The lowest BCUT2D eigenvalue weighted by atomic mass is 9.99. The van der Waals surface area contributed by atoms with E-state index in [1.165, 1.54) is 16.6 Å². The molecule has 1 aliphatic rings. The highest BCUT2D eigenvalue weighted by Crippen LogP contribution is 2.32. The van der Waals surface area contributed by atoms with Gasteiger partial charge in [-0.15, -0.1) is 0 Å². The molecule has 2 heterocycles. The molecule has 136 valence electrons. The molecule has 0 radical (unpaired) electrons. The summed E-state index contributed by atoms with van der Waals surface area (Å²) in [6.07, 6.45) is 3.66. The van der Waals surface area contributed by atoms with Crippen LogP contribution in [0.25, 0.3) is 10.9 Å². The zero-order chi connectivity index (χ0) is 17.6. The van der Waals surface area contributed by atoms with Gasteiger partial charge in [0.25, 0.3) is 0 Å². The van der Waals surface area contributed by atoms with Gasteiger partial charge in [-0.05, 0) is 51.2 Å². The lowest BCUT2D eigenvalue weighted by Gasteiger charge is -2.25. The first-order chi connectivity index (χ1) is 12.2. The summed E-state index contributed by atoms with van der Waals surface area (Å²) in [5.74, 6) is 0. The topological polar surface area (TPSA) is 54.6 Å². The molecule has 1 aromatic carbocycles. The fourth-order valence-electron chi connectivity index (χ4n) is 3.67. The third-order valence-corrected chi connectivity index (χ3v) is 4.84. The van der Waals surface area contributed by atoms with E-state index in [0.717, 1.165) is 37.7 Å². The van der Waals surface area contributed by atoms with Gasteiger partial charge < -0.3 is 19.4 Å². The maximum Gasteiger partial charge on any atom is 0.409 e. The van der Waals surface area contributed by atoms with Crippen molar-refractivity contribution in [2.45, 2.75) is 45.6 Å². The molecular formula is C20H28N2O3. The summed E-state index contributed by atoms with van der Waals surface area (Å²) in [5, 5.41) is 1.23. The number of aromatic amines is 1. The first-order valence-corrected chi connectivity index (χ1v) is 9.37. The van der Waals surface area contributed by atoms with Crippen LogP contribution < -0.4 is 0 Å². The van der Waals surface area contributed by atoms with Gasteiger partial charge in [0.05, 0.1) is 12.7 Å². The van der Waals surface area contributed by atoms with Crippen molar-refractivity contribution < 1.29 is 14.3 Å². The molecule has 1 aromatic heterocycles. The van der Waals surface area contributed by atoms with E-state index in [2.05, 4.69) is 23.2 Å². The Morgan fingerprint density at radius 2 is 2.04 bits per heavy atom. The fraction of sp³-hybridized carbons (Fsp3) is 0.550. The van der Waals surface area contributed by atoms with E-state index in [1.807, 2.05) is 24.8 Å². The highest BCUT2D eigenvalue weighted by atomic mass is 16.6. The maximum absolute atomic E-state index is 12.2. The number of rotatable bonds is 3. The van der Waals surface area contributed by atoms with Crippen LogP contribution in [0.5, 0.6) is 0 Å². The molecule has 25 heavy (non-hydrogen) atoms. The second-order valence-electron chi connectivity index (χ2n) is 6.44. The average molecular weight is 344 g/mol. The number of hydrogen-bond donors (Lipinski definition) is 1. The van der Waals surface area contributed by atoms with Gasteiger partial charge in [-0.3, -0.25) is 0 Å². The minimum Gasteiger partial charge on any atom is -0.450 e. The van der Waals surface area contributed by atoms with Gasteiger partial charge in [-0.1, -0.05) is 18.2 Å². The summed E-state index contributed by atoms with van der Waals surface area (Å²) in [7, 11) is 0. The predicted octanol–water partition coefficient (Wildman–Crippen LogP) is 4.43. The summed E-state index contributed by atoms with van der Waals surface area (Å²) in [4.78, 5) is 17.6. The van der Waals surface area contributed by atoms with Gasteiger partial charge in [0.1, 0.15) is 0 Å². The summed E-state index contributed by atoms with van der Waals surface area (Å²) in [5.41, 5.74) is 3.58. The van der Waals surface area contributed by atoms with E-state index in [1.54, 1.807) is 0 Å². The smallest absolute Gasteiger partial charge is 0.409 e. The number of nitrogens with zero attached hydrogens (tertiary/aromatic N) is 1. The average Bonchev–Trinajstić information content (AvgIpc) is 2.99. The van der Waals surface area contributed by atoms with Crippen LogP contribution in [0.4, 0.5) is 4.79 Å². The minimum absolute atomic E-state index is 0.0987. The van der Waals surface area contributed by atoms with E-state index in [9.17, 15) is 4.79 Å². The molecule has 1 unspecified atom stereocenters. The second-order valence-corrected chi connectivity index (χ2v) is 6.44. The Bertz CT molecular complexity index is 710. The molecule has 0 aliphatic carbocycles. The molecule has 5 nitrogen and oxygen atoms in total. The van der Waals surface area contributed by atoms with Crippen LogP contribution in [0.2, 0.25) is 0 Å². The van der Waals surface area contributed by atoms with Crippen LogP contribution in [0.1, 0.15) is 50.5 Å². The van der Waals surface area contributed by atoms with Crippen molar-refractivity contribution in [3.63, 3.8) is 0 Å². The van der Waals surface area contributed by atoms with Gasteiger partial charge >= 0.3 is 6.09 Å². The Hall–Kier alpha value is -2.01. The number of H-pyrrole nitrogens is 1. The number of amides is 1. The zero-order valence-corrected chi connectivity index (χ0v) is 15.2. The molecule has 1 amide bonds. The molecule has 0 spiro atoms. The normalized spacial score (nSPS) is 18.8. The van der Waals surface area contributed by atoms with E-state index in [0.29, 0.717) is 19.8 Å². The summed E-state index contributed by atoms with van der Waals surface area (Å²) in [6.45, 7) is 6.43. The van der Waals surface area contributed by atoms with Crippen molar-refractivity contribution in [2.75, 3.05) is 26.3 Å². The highest BCUT2D eigenvalue weighted by Gasteiger charge is 2.23. The lowest BCUT2D eigenvalue weighted by molar-refractivity contribution is 0.0493. The van der Waals surface area contributed by atoms with Crippen LogP contribution in [-0.4, -0.2) is 42.3 Å². The van der Waals surface area contributed by atoms with Crippen molar-refractivity contribution in [3.8, 4) is 0 Å². The monoisotopic (exact) mass is 344 g/mol. The Balaban J connectivity index is 1.94.